The Labute approximate surface area is 189 Å². The van der Waals surface area contributed by atoms with Crippen molar-refractivity contribution in [1.29, 1.82) is 0 Å². The molecule has 32 heavy (non-hydrogen) atoms. The fourth-order valence-corrected chi connectivity index (χ4v) is 3.82. The van der Waals surface area contributed by atoms with Crippen molar-refractivity contribution in [3.8, 4) is 11.5 Å². The number of nitrogens with two attached hydrogens (primary N) is 1. The lowest BCUT2D eigenvalue weighted by molar-refractivity contribution is -0.0879. The van der Waals surface area contributed by atoms with Gasteiger partial charge in [0, 0.05) is 13.1 Å². The quantitative estimate of drug-likeness (QED) is 0.450. The summed E-state index contributed by atoms with van der Waals surface area (Å²) in [5, 5.41) is 2.47. The van der Waals surface area contributed by atoms with E-state index in [1.807, 2.05) is 0 Å². The summed E-state index contributed by atoms with van der Waals surface area (Å²) in [6.45, 7) is 0.662. The maximum absolute atomic E-state index is 14.7. The van der Waals surface area contributed by atoms with Crippen molar-refractivity contribution in [2.75, 3.05) is 39.1 Å². The van der Waals surface area contributed by atoms with Crippen molar-refractivity contribution in [3.63, 3.8) is 0 Å². The molecule has 0 radical (unpaired) electrons. The molecule has 1 saturated heterocycles. The molecular weight excluding hydrogens is 447 g/mol. The number of rotatable bonds is 8. The summed E-state index contributed by atoms with van der Waals surface area (Å²) in [7, 11) is 1.32. The topological polar surface area (TPSA) is 76.8 Å². The number of ether oxygens (including phenoxy) is 2. The summed E-state index contributed by atoms with van der Waals surface area (Å²) in [4.78, 5) is 14.3. The van der Waals surface area contributed by atoms with Gasteiger partial charge in [-0.1, -0.05) is 11.6 Å². The predicted molar refractivity (Wildman–Crippen MR) is 116 cm³/mol. The highest BCUT2D eigenvalue weighted by atomic mass is 35.5. The number of likely N-dealkylation sites (tertiary alicyclic amines) is 1. The van der Waals surface area contributed by atoms with Crippen LogP contribution in [0.15, 0.2) is 36.4 Å². The number of benzene rings is 2. The summed E-state index contributed by atoms with van der Waals surface area (Å²) in [6, 6.07) is 7.12. The molecule has 0 saturated carbocycles. The first-order chi connectivity index (χ1) is 15.2. The highest BCUT2D eigenvalue weighted by Crippen LogP contribution is 2.34. The van der Waals surface area contributed by atoms with E-state index < -0.39 is 24.4 Å². The molecule has 0 aliphatic carbocycles. The molecule has 1 atom stereocenters. The zero-order valence-corrected chi connectivity index (χ0v) is 18.3. The van der Waals surface area contributed by atoms with E-state index in [1.54, 1.807) is 4.90 Å². The van der Waals surface area contributed by atoms with Gasteiger partial charge in [-0.25, -0.2) is 13.2 Å². The molecule has 0 aromatic heterocycles. The lowest BCUT2D eigenvalue weighted by atomic mass is 9.99. The second-order valence-electron chi connectivity index (χ2n) is 7.56. The highest BCUT2D eigenvalue weighted by Gasteiger charge is 2.45. The first-order valence-corrected chi connectivity index (χ1v) is 10.5. The van der Waals surface area contributed by atoms with E-state index in [0.29, 0.717) is 31.9 Å². The van der Waals surface area contributed by atoms with Gasteiger partial charge in [-0.05, 0) is 49.2 Å². The maximum atomic E-state index is 14.7. The van der Waals surface area contributed by atoms with E-state index >= 15 is 0 Å². The standard InChI is InChI=1S/C22H25ClF3N3O3/c1-31-20-16(7-8-17(27)19(20)23)21(30)28-18-9-11-29(13-22(18,25)26)10-2-12-32-15-5-3-14(24)4-6-15/h3-8,18H,2,9-13,27H2,1H3,(H,28,30). The molecule has 6 nitrogen and oxygen atoms in total. The Balaban J connectivity index is 1.51. The Bertz CT molecular complexity index is 944. The Kier molecular flexibility index (Phi) is 7.73. The molecule has 2 aromatic rings. The fraction of sp³-hybridized carbons (Fsp3) is 0.409. The minimum atomic E-state index is -3.11. The Morgan fingerprint density at radius 3 is 2.66 bits per heavy atom. The van der Waals surface area contributed by atoms with E-state index in [4.69, 9.17) is 26.8 Å². The van der Waals surface area contributed by atoms with Crippen LogP contribution in [0, 0.1) is 5.82 Å². The Hall–Kier alpha value is -2.65. The number of nitrogens with one attached hydrogen (secondary N) is 1. The summed E-state index contributed by atoms with van der Waals surface area (Å²) in [5.41, 5.74) is 5.97. The van der Waals surface area contributed by atoms with E-state index in [1.165, 1.54) is 43.5 Å². The van der Waals surface area contributed by atoms with E-state index in [9.17, 15) is 18.0 Å². The van der Waals surface area contributed by atoms with Gasteiger partial charge in [0.25, 0.3) is 11.8 Å². The van der Waals surface area contributed by atoms with Crippen LogP contribution in [0.3, 0.4) is 0 Å². The van der Waals surface area contributed by atoms with E-state index in [2.05, 4.69) is 5.32 Å². The average Bonchev–Trinajstić information content (AvgIpc) is 2.75. The molecule has 1 aliphatic heterocycles. The molecule has 0 bridgehead atoms. The molecular formula is C22H25ClF3N3O3. The predicted octanol–water partition coefficient (Wildman–Crippen LogP) is 3.98. The molecule has 1 heterocycles. The molecule has 1 fully saturated rings. The SMILES string of the molecule is COc1c(C(=O)NC2CCN(CCCOc3ccc(F)cc3)CC2(F)F)ccc(N)c1Cl. The van der Waals surface area contributed by atoms with E-state index in [-0.39, 0.29) is 34.3 Å². The highest BCUT2D eigenvalue weighted by molar-refractivity contribution is 6.35. The summed E-state index contributed by atoms with van der Waals surface area (Å²) < 4.78 is 53.0. The number of methoxy groups -OCH3 is 1. The number of anilines is 1. The molecule has 3 N–H and O–H groups in total. The number of amides is 1. The first kappa shape index (κ1) is 24.0. The van der Waals surface area contributed by atoms with Crippen molar-refractivity contribution < 1.29 is 27.4 Å². The monoisotopic (exact) mass is 471 g/mol. The first-order valence-electron chi connectivity index (χ1n) is 10.1. The number of nitrogen functional groups attached to an aromatic ring is 1. The molecule has 3 rings (SSSR count). The average molecular weight is 472 g/mol. The number of halogens is 4. The molecule has 10 heteroatoms. The van der Waals surface area contributed by atoms with Crippen molar-refractivity contribution in [3.05, 3.63) is 52.8 Å². The summed E-state index contributed by atoms with van der Waals surface area (Å²) in [5.74, 6) is -3.60. The molecule has 174 valence electrons. The van der Waals surface area contributed by atoms with Gasteiger partial charge >= 0.3 is 0 Å². The zero-order chi connectivity index (χ0) is 23.3. The lowest BCUT2D eigenvalue weighted by Crippen LogP contribution is -2.58. The largest absolute Gasteiger partial charge is 0.494 e. The summed E-state index contributed by atoms with van der Waals surface area (Å²) >= 11 is 6.06. The van der Waals surface area contributed by atoms with Crippen molar-refractivity contribution >= 4 is 23.2 Å². The number of alkyl halides is 2. The van der Waals surface area contributed by atoms with Gasteiger partial charge < -0.3 is 20.5 Å². The van der Waals surface area contributed by atoms with Crippen LogP contribution >= 0.6 is 11.6 Å². The van der Waals surface area contributed by atoms with Gasteiger partial charge in [0.05, 0.1) is 37.6 Å². The Morgan fingerprint density at radius 1 is 1.28 bits per heavy atom. The third-order valence-corrected chi connectivity index (χ3v) is 5.65. The fourth-order valence-electron chi connectivity index (χ4n) is 3.57. The van der Waals surface area contributed by atoms with Gasteiger partial charge in [0.1, 0.15) is 16.6 Å². The molecule has 1 amide bonds. The number of nitrogens with zero attached hydrogens (tertiary/aromatic N) is 1. The van der Waals surface area contributed by atoms with Gasteiger partial charge in [-0.3, -0.25) is 9.69 Å². The molecule has 1 unspecified atom stereocenters. The van der Waals surface area contributed by atoms with Crippen molar-refractivity contribution in [2.45, 2.75) is 24.8 Å². The number of hydrogen-bond acceptors (Lipinski definition) is 5. The number of piperidine rings is 1. The third kappa shape index (κ3) is 5.77. The smallest absolute Gasteiger partial charge is 0.280 e. The lowest BCUT2D eigenvalue weighted by Gasteiger charge is -2.38. The van der Waals surface area contributed by atoms with Crippen LogP contribution in [0.25, 0.3) is 0 Å². The van der Waals surface area contributed by atoms with Crippen LogP contribution in [-0.2, 0) is 0 Å². The van der Waals surface area contributed by atoms with E-state index in [0.717, 1.165) is 0 Å². The van der Waals surface area contributed by atoms with Crippen LogP contribution in [0.5, 0.6) is 11.5 Å². The van der Waals surface area contributed by atoms with Crippen molar-refractivity contribution in [2.24, 2.45) is 0 Å². The normalized spacial score (nSPS) is 18.2. The zero-order valence-electron chi connectivity index (χ0n) is 17.5. The van der Waals surface area contributed by atoms with Crippen molar-refractivity contribution in [1.82, 2.24) is 10.2 Å². The second-order valence-corrected chi connectivity index (χ2v) is 7.94. The van der Waals surface area contributed by atoms with Gasteiger partial charge in [-0.2, -0.15) is 0 Å². The Morgan fingerprint density at radius 2 is 2.00 bits per heavy atom. The second kappa shape index (κ2) is 10.3. The number of carbonyl (C=O) groups excluding carboxylic acids is 1. The van der Waals surface area contributed by atoms with Crippen LogP contribution in [0.1, 0.15) is 23.2 Å². The van der Waals surface area contributed by atoms with Crippen LogP contribution in [0.4, 0.5) is 18.9 Å². The molecule has 0 spiro atoms. The summed E-state index contributed by atoms with van der Waals surface area (Å²) in [6.07, 6.45) is 0.619. The molecule has 2 aromatic carbocycles. The molecule has 1 aliphatic rings. The third-order valence-electron chi connectivity index (χ3n) is 5.26. The number of carbonyl (C=O) groups is 1. The minimum Gasteiger partial charge on any atom is -0.494 e. The van der Waals surface area contributed by atoms with Crippen LogP contribution in [-0.4, -0.2) is 56.1 Å². The maximum Gasteiger partial charge on any atom is 0.280 e. The minimum absolute atomic E-state index is 0.0443. The number of hydrogen-bond donors (Lipinski definition) is 2. The van der Waals surface area contributed by atoms with Gasteiger partial charge in [0.2, 0.25) is 0 Å². The van der Waals surface area contributed by atoms with Gasteiger partial charge in [0.15, 0.2) is 5.75 Å². The van der Waals surface area contributed by atoms with Crippen LogP contribution < -0.4 is 20.5 Å². The van der Waals surface area contributed by atoms with Gasteiger partial charge in [-0.15, -0.1) is 0 Å². The van der Waals surface area contributed by atoms with Crippen LogP contribution in [0.2, 0.25) is 5.02 Å².